The van der Waals surface area contributed by atoms with E-state index in [1.54, 1.807) is 6.07 Å². The lowest BCUT2D eigenvalue weighted by molar-refractivity contribution is 0.0911. The Labute approximate surface area is 120 Å². The fourth-order valence-corrected chi connectivity index (χ4v) is 2.92. The number of aromatic nitrogens is 1. The average Bonchev–Trinajstić information content (AvgIpc) is 2.70. The Hall–Kier alpha value is -2.04. The van der Waals surface area contributed by atoms with E-state index in [0.717, 1.165) is 0 Å². The molecule has 110 valence electrons. The van der Waals surface area contributed by atoms with Gasteiger partial charge in [0.1, 0.15) is 11.5 Å². The molecule has 0 N–H and O–H groups in total. The summed E-state index contributed by atoms with van der Waals surface area (Å²) >= 11 is 0. The smallest absolute Gasteiger partial charge is 0.165 e. The molecule has 1 aliphatic rings. The minimum absolute atomic E-state index is 0.0390. The second-order valence-corrected chi connectivity index (χ2v) is 6.21. The molecule has 0 aliphatic heterocycles. The summed E-state index contributed by atoms with van der Waals surface area (Å²) in [6.45, 7) is 3.87. The lowest BCUT2D eigenvalue weighted by Gasteiger charge is -2.29. The highest BCUT2D eigenvalue weighted by atomic mass is 19.1. The van der Waals surface area contributed by atoms with Gasteiger partial charge in [-0.1, -0.05) is 13.8 Å². The molecule has 0 atom stereocenters. The second kappa shape index (κ2) is 4.48. The third-order valence-corrected chi connectivity index (χ3v) is 3.80. The minimum atomic E-state index is -0.985. The molecular formula is C16H14F3NO. The summed E-state index contributed by atoms with van der Waals surface area (Å²) in [6.07, 6.45) is 2.39. The number of ketones is 1. The first kappa shape index (κ1) is 13.9. The van der Waals surface area contributed by atoms with Crippen LogP contribution in [-0.2, 0) is 6.42 Å². The molecule has 0 bridgehead atoms. The molecule has 1 aliphatic carbocycles. The lowest BCUT2D eigenvalue weighted by Crippen LogP contribution is -2.28. The summed E-state index contributed by atoms with van der Waals surface area (Å²) in [5.74, 6) is -2.97. The maximum atomic E-state index is 13.9. The number of carbonyl (C=O) groups excluding carboxylic acids is 1. The van der Waals surface area contributed by atoms with Crippen LogP contribution in [0.5, 0.6) is 0 Å². The van der Waals surface area contributed by atoms with Crippen molar-refractivity contribution >= 4 is 5.78 Å². The quantitative estimate of drug-likeness (QED) is 0.777. The first-order chi connectivity index (χ1) is 9.78. The van der Waals surface area contributed by atoms with Gasteiger partial charge < -0.3 is 4.57 Å². The number of Topliss-reactive ketones (excluding diaryl/α,β-unsaturated/α-hetero) is 1. The predicted molar refractivity (Wildman–Crippen MR) is 72.1 cm³/mol. The van der Waals surface area contributed by atoms with E-state index in [1.165, 1.54) is 10.8 Å². The van der Waals surface area contributed by atoms with Crippen LogP contribution in [0.2, 0.25) is 0 Å². The van der Waals surface area contributed by atoms with Crippen LogP contribution in [0, 0.1) is 22.9 Å². The van der Waals surface area contributed by atoms with Crippen LogP contribution in [0.1, 0.15) is 36.3 Å². The van der Waals surface area contributed by atoms with Gasteiger partial charge in [-0.3, -0.25) is 4.79 Å². The molecular weight excluding hydrogens is 279 g/mol. The first-order valence-corrected chi connectivity index (χ1v) is 6.67. The molecule has 1 heterocycles. The SMILES string of the molecule is CC1(C)CC(=O)c2ccn(-c3c(F)cc(F)cc3F)c2C1. The molecule has 0 unspecified atom stereocenters. The van der Waals surface area contributed by atoms with Crippen LogP contribution in [-0.4, -0.2) is 10.4 Å². The van der Waals surface area contributed by atoms with Gasteiger partial charge in [-0.2, -0.15) is 0 Å². The standard InChI is InChI=1S/C16H14F3NO/c1-16(2)7-13-10(14(21)8-16)3-4-20(13)15-11(18)5-9(17)6-12(15)19/h3-6H,7-8H2,1-2H3. The van der Waals surface area contributed by atoms with Crippen molar-refractivity contribution < 1.29 is 18.0 Å². The summed E-state index contributed by atoms with van der Waals surface area (Å²) < 4.78 is 42.2. The van der Waals surface area contributed by atoms with Crippen molar-refractivity contribution in [3.8, 4) is 5.69 Å². The van der Waals surface area contributed by atoms with Gasteiger partial charge in [0.25, 0.3) is 0 Å². The minimum Gasteiger partial charge on any atom is -0.315 e. The second-order valence-electron chi connectivity index (χ2n) is 6.21. The fourth-order valence-electron chi connectivity index (χ4n) is 2.92. The maximum absolute atomic E-state index is 13.9. The van der Waals surface area contributed by atoms with Crippen LogP contribution in [0.3, 0.4) is 0 Å². The van der Waals surface area contributed by atoms with Crippen molar-refractivity contribution in [3.63, 3.8) is 0 Å². The Morgan fingerprint density at radius 2 is 1.71 bits per heavy atom. The van der Waals surface area contributed by atoms with Gasteiger partial charge >= 0.3 is 0 Å². The molecule has 5 heteroatoms. The third-order valence-electron chi connectivity index (χ3n) is 3.80. The van der Waals surface area contributed by atoms with Crippen molar-refractivity contribution in [1.29, 1.82) is 0 Å². The summed E-state index contributed by atoms with van der Waals surface area (Å²) in [5, 5.41) is 0. The van der Waals surface area contributed by atoms with Crippen molar-refractivity contribution in [3.05, 3.63) is 53.1 Å². The monoisotopic (exact) mass is 293 g/mol. The molecule has 0 saturated carbocycles. The molecule has 3 rings (SSSR count). The molecule has 2 nitrogen and oxygen atoms in total. The molecule has 0 radical (unpaired) electrons. The van der Waals surface area contributed by atoms with Gasteiger partial charge in [0.05, 0.1) is 0 Å². The van der Waals surface area contributed by atoms with E-state index >= 15 is 0 Å². The van der Waals surface area contributed by atoms with Crippen molar-refractivity contribution in [2.24, 2.45) is 5.41 Å². The van der Waals surface area contributed by atoms with E-state index in [9.17, 15) is 18.0 Å². The summed E-state index contributed by atoms with van der Waals surface area (Å²) in [5.41, 5.74) is 0.439. The zero-order chi connectivity index (χ0) is 15.4. The number of carbonyl (C=O) groups is 1. The first-order valence-electron chi connectivity index (χ1n) is 6.67. The van der Waals surface area contributed by atoms with Gasteiger partial charge in [0.15, 0.2) is 17.4 Å². The molecule has 2 aromatic rings. The number of nitrogens with zero attached hydrogens (tertiary/aromatic N) is 1. The molecule has 0 fully saturated rings. The van der Waals surface area contributed by atoms with E-state index in [0.29, 0.717) is 36.2 Å². The van der Waals surface area contributed by atoms with Crippen LogP contribution >= 0.6 is 0 Å². The number of benzene rings is 1. The number of halogens is 3. The van der Waals surface area contributed by atoms with Gasteiger partial charge in [-0.25, -0.2) is 13.2 Å². The molecule has 0 spiro atoms. The zero-order valence-electron chi connectivity index (χ0n) is 11.7. The van der Waals surface area contributed by atoms with Crippen molar-refractivity contribution in [2.75, 3.05) is 0 Å². The zero-order valence-corrected chi connectivity index (χ0v) is 11.7. The third kappa shape index (κ3) is 2.26. The van der Waals surface area contributed by atoms with E-state index in [-0.39, 0.29) is 16.9 Å². The molecule has 0 saturated heterocycles. The predicted octanol–water partition coefficient (Wildman–Crippen LogP) is 4.05. The molecule has 1 aromatic heterocycles. The number of rotatable bonds is 1. The number of hydrogen-bond donors (Lipinski definition) is 0. The van der Waals surface area contributed by atoms with E-state index in [4.69, 9.17) is 0 Å². The van der Waals surface area contributed by atoms with Crippen LogP contribution < -0.4 is 0 Å². The average molecular weight is 293 g/mol. The van der Waals surface area contributed by atoms with E-state index < -0.39 is 17.5 Å². The topological polar surface area (TPSA) is 22.0 Å². The van der Waals surface area contributed by atoms with E-state index in [1.807, 2.05) is 13.8 Å². The normalized spacial score (nSPS) is 16.9. The largest absolute Gasteiger partial charge is 0.315 e. The highest BCUT2D eigenvalue weighted by Gasteiger charge is 2.34. The van der Waals surface area contributed by atoms with Gasteiger partial charge in [-0.15, -0.1) is 0 Å². The number of fused-ring (bicyclic) bond motifs is 1. The van der Waals surface area contributed by atoms with Crippen molar-refractivity contribution in [2.45, 2.75) is 26.7 Å². The lowest BCUT2D eigenvalue weighted by atomic mass is 9.76. The molecule has 1 aromatic carbocycles. The summed E-state index contributed by atoms with van der Waals surface area (Å²) in [7, 11) is 0. The highest BCUT2D eigenvalue weighted by molar-refractivity contribution is 5.99. The summed E-state index contributed by atoms with van der Waals surface area (Å²) in [4.78, 5) is 12.1. The Kier molecular flexibility index (Phi) is 2.97. The van der Waals surface area contributed by atoms with Gasteiger partial charge in [0, 0.05) is 36.0 Å². The molecule has 0 amide bonds. The van der Waals surface area contributed by atoms with Crippen molar-refractivity contribution in [1.82, 2.24) is 4.57 Å². The summed E-state index contributed by atoms with van der Waals surface area (Å²) in [6, 6.07) is 2.84. The van der Waals surface area contributed by atoms with Gasteiger partial charge in [-0.05, 0) is 17.9 Å². The van der Waals surface area contributed by atoms with Crippen LogP contribution in [0.15, 0.2) is 24.4 Å². The fraction of sp³-hybridized carbons (Fsp3) is 0.312. The maximum Gasteiger partial charge on any atom is 0.165 e. The molecule has 21 heavy (non-hydrogen) atoms. The Balaban J connectivity index is 2.21. The Morgan fingerprint density at radius 1 is 1.10 bits per heavy atom. The highest BCUT2D eigenvalue weighted by Crippen LogP contribution is 2.37. The van der Waals surface area contributed by atoms with Gasteiger partial charge in [0.2, 0.25) is 0 Å². The Morgan fingerprint density at radius 3 is 2.33 bits per heavy atom. The van der Waals surface area contributed by atoms with E-state index in [2.05, 4.69) is 0 Å². The van der Waals surface area contributed by atoms with Crippen LogP contribution in [0.4, 0.5) is 13.2 Å². The van der Waals surface area contributed by atoms with Crippen LogP contribution in [0.25, 0.3) is 5.69 Å². The Bertz CT molecular complexity index is 723. The number of hydrogen-bond acceptors (Lipinski definition) is 1.